The number of carbonyl (C=O) groups excluding carboxylic acids is 1. The first-order valence-corrected chi connectivity index (χ1v) is 13.7. The van der Waals surface area contributed by atoms with Crippen molar-refractivity contribution >= 4 is 21.6 Å². The number of nitrogens with one attached hydrogen (secondary N) is 2. The van der Waals surface area contributed by atoms with Crippen molar-refractivity contribution < 1.29 is 22.7 Å². The van der Waals surface area contributed by atoms with E-state index in [0.29, 0.717) is 34.2 Å². The number of hydrogen-bond acceptors (Lipinski definition) is 6. The highest BCUT2D eigenvalue weighted by Crippen LogP contribution is 2.33. The molecule has 0 saturated heterocycles. The smallest absolute Gasteiger partial charge is 0.240 e. The van der Waals surface area contributed by atoms with Gasteiger partial charge in [0.25, 0.3) is 0 Å². The molecule has 3 aromatic carbocycles. The van der Waals surface area contributed by atoms with Gasteiger partial charge in [0.1, 0.15) is 17.2 Å². The molecule has 1 fully saturated rings. The van der Waals surface area contributed by atoms with Crippen molar-refractivity contribution in [3.05, 3.63) is 90.3 Å². The van der Waals surface area contributed by atoms with Crippen LogP contribution in [0.25, 0.3) is 5.69 Å². The Labute approximate surface area is 221 Å². The lowest BCUT2D eigenvalue weighted by atomic mass is 10.1. The van der Waals surface area contributed by atoms with Crippen LogP contribution < -0.4 is 19.5 Å². The van der Waals surface area contributed by atoms with E-state index >= 15 is 0 Å². The molecule has 2 N–H and O–H groups in total. The molecule has 1 aliphatic rings. The van der Waals surface area contributed by atoms with Gasteiger partial charge < -0.3 is 14.8 Å². The van der Waals surface area contributed by atoms with Gasteiger partial charge in [0.15, 0.2) is 5.75 Å². The number of aryl methyl sites for hydroxylation is 1. The molecule has 5 rings (SSSR count). The lowest BCUT2D eigenvalue weighted by molar-refractivity contribution is -0.115. The quantitative estimate of drug-likeness (QED) is 0.309. The van der Waals surface area contributed by atoms with Crippen LogP contribution in [-0.4, -0.2) is 37.3 Å². The Balaban J connectivity index is 1.33. The summed E-state index contributed by atoms with van der Waals surface area (Å²) < 4.78 is 40.7. The molecule has 0 spiro atoms. The number of anilines is 1. The monoisotopic (exact) mass is 532 g/mol. The first-order chi connectivity index (χ1) is 18.3. The Bertz CT molecular complexity index is 1560. The van der Waals surface area contributed by atoms with Crippen LogP contribution in [0.15, 0.2) is 83.9 Å². The predicted octanol–water partition coefficient (Wildman–Crippen LogP) is 4.60. The molecule has 196 valence electrons. The number of nitrogens with zero attached hydrogens (tertiary/aromatic N) is 2. The maximum atomic E-state index is 12.8. The first-order valence-electron chi connectivity index (χ1n) is 12.2. The lowest BCUT2D eigenvalue weighted by Gasteiger charge is -2.15. The molecule has 0 aliphatic heterocycles. The summed E-state index contributed by atoms with van der Waals surface area (Å²) in [4.78, 5) is 13.0. The number of methoxy groups -OCH3 is 1. The number of hydrogen-bond donors (Lipinski definition) is 2. The fourth-order valence-corrected chi connectivity index (χ4v) is 5.23. The van der Waals surface area contributed by atoms with Gasteiger partial charge in [0.05, 0.1) is 18.4 Å². The Morgan fingerprint density at radius 1 is 1.03 bits per heavy atom. The Hall–Kier alpha value is -4.15. The molecule has 0 radical (unpaired) electrons. The average Bonchev–Trinajstić information content (AvgIpc) is 3.60. The molecule has 1 amide bonds. The van der Waals surface area contributed by atoms with Crippen molar-refractivity contribution in [1.29, 1.82) is 0 Å². The van der Waals surface area contributed by atoms with Crippen LogP contribution in [-0.2, 0) is 21.2 Å². The molecule has 38 heavy (non-hydrogen) atoms. The molecular weight excluding hydrogens is 504 g/mol. The zero-order valence-corrected chi connectivity index (χ0v) is 21.9. The van der Waals surface area contributed by atoms with E-state index in [9.17, 15) is 13.2 Å². The fourth-order valence-electron chi connectivity index (χ4n) is 3.93. The number of carbonyl (C=O) groups is 1. The maximum Gasteiger partial charge on any atom is 0.240 e. The van der Waals surface area contributed by atoms with Gasteiger partial charge in [0, 0.05) is 35.8 Å². The highest BCUT2D eigenvalue weighted by atomic mass is 32.2. The van der Waals surface area contributed by atoms with Gasteiger partial charge in [-0.2, -0.15) is 5.10 Å². The Morgan fingerprint density at radius 2 is 1.79 bits per heavy atom. The molecule has 0 unspecified atom stereocenters. The molecule has 0 bridgehead atoms. The summed E-state index contributed by atoms with van der Waals surface area (Å²) in [5.74, 6) is 1.49. The zero-order valence-electron chi connectivity index (χ0n) is 21.0. The van der Waals surface area contributed by atoms with E-state index in [1.165, 1.54) is 12.1 Å². The first kappa shape index (κ1) is 25.5. The molecule has 1 heterocycles. The molecular formula is C28H28N4O5S. The third kappa shape index (κ3) is 6.04. The summed E-state index contributed by atoms with van der Waals surface area (Å²) in [7, 11) is -1.94. The highest BCUT2D eigenvalue weighted by Gasteiger charge is 2.27. The molecule has 0 atom stereocenters. The second-order valence-electron chi connectivity index (χ2n) is 9.11. The second kappa shape index (κ2) is 10.7. The van der Waals surface area contributed by atoms with Gasteiger partial charge in [-0.1, -0.05) is 18.2 Å². The van der Waals surface area contributed by atoms with E-state index in [1.54, 1.807) is 48.3 Å². The summed E-state index contributed by atoms with van der Waals surface area (Å²) in [6.07, 6.45) is 3.53. The maximum absolute atomic E-state index is 12.8. The largest absolute Gasteiger partial charge is 0.497 e. The molecule has 10 heteroatoms. The van der Waals surface area contributed by atoms with Gasteiger partial charge in [0.2, 0.25) is 15.9 Å². The number of ether oxygens (including phenoxy) is 2. The highest BCUT2D eigenvalue weighted by molar-refractivity contribution is 7.89. The minimum Gasteiger partial charge on any atom is -0.497 e. The SMILES string of the molecule is COc1cccc(Oc2cc(NC(=O)Cc3ccc(S(=O)(=O)NC4CC4)cc3)ccc2-n2nccc2C)c1. The molecule has 1 saturated carbocycles. The third-order valence-corrected chi connectivity index (χ3v) is 7.61. The minimum absolute atomic E-state index is 0.0341. The van der Waals surface area contributed by atoms with E-state index in [0.717, 1.165) is 18.5 Å². The average molecular weight is 533 g/mol. The standard InChI is InChI=1S/C28H28N4O5S/c1-19-14-15-29-32(19)26-13-10-22(17-27(26)37-24-5-3-4-23(18-24)36-2)30-28(33)16-20-6-11-25(12-7-20)38(34,35)31-21-8-9-21/h3-7,10-15,17-18,21,31H,8-9,16H2,1-2H3,(H,30,33). The number of rotatable bonds is 10. The number of amides is 1. The van der Waals surface area contributed by atoms with E-state index < -0.39 is 10.0 Å². The summed E-state index contributed by atoms with van der Waals surface area (Å²) in [6.45, 7) is 1.94. The Morgan fingerprint density at radius 3 is 2.47 bits per heavy atom. The van der Waals surface area contributed by atoms with Crippen molar-refractivity contribution in [3.63, 3.8) is 0 Å². The van der Waals surface area contributed by atoms with Gasteiger partial charge in [-0.15, -0.1) is 0 Å². The molecule has 1 aliphatic carbocycles. The van der Waals surface area contributed by atoms with Crippen molar-refractivity contribution in [1.82, 2.24) is 14.5 Å². The van der Waals surface area contributed by atoms with E-state index in [-0.39, 0.29) is 23.3 Å². The van der Waals surface area contributed by atoms with Crippen LogP contribution in [0.5, 0.6) is 17.2 Å². The minimum atomic E-state index is -3.53. The second-order valence-corrected chi connectivity index (χ2v) is 10.8. The van der Waals surface area contributed by atoms with Crippen LogP contribution in [0.4, 0.5) is 5.69 Å². The van der Waals surface area contributed by atoms with Gasteiger partial charge in [-0.3, -0.25) is 4.79 Å². The van der Waals surface area contributed by atoms with Crippen LogP contribution in [0.1, 0.15) is 24.1 Å². The molecule has 1 aromatic heterocycles. The summed E-state index contributed by atoms with van der Waals surface area (Å²) in [5.41, 5.74) is 2.89. The topological polar surface area (TPSA) is 112 Å². The van der Waals surface area contributed by atoms with Gasteiger partial charge in [-0.05, 0) is 67.8 Å². The zero-order chi connectivity index (χ0) is 26.7. The predicted molar refractivity (Wildman–Crippen MR) is 143 cm³/mol. The lowest BCUT2D eigenvalue weighted by Crippen LogP contribution is -2.25. The van der Waals surface area contributed by atoms with E-state index in [1.807, 2.05) is 37.3 Å². The summed E-state index contributed by atoms with van der Waals surface area (Å²) >= 11 is 0. The molecule has 9 nitrogen and oxygen atoms in total. The number of sulfonamides is 1. The van der Waals surface area contributed by atoms with Crippen LogP contribution >= 0.6 is 0 Å². The van der Waals surface area contributed by atoms with Crippen molar-refractivity contribution in [2.24, 2.45) is 0 Å². The Kier molecular flexibility index (Phi) is 7.17. The fraction of sp³-hybridized carbons (Fsp3) is 0.214. The van der Waals surface area contributed by atoms with Crippen LogP contribution in [0.2, 0.25) is 0 Å². The summed E-state index contributed by atoms with van der Waals surface area (Å²) in [5, 5.41) is 7.29. The van der Waals surface area contributed by atoms with Crippen molar-refractivity contribution in [2.45, 2.75) is 37.1 Å². The third-order valence-electron chi connectivity index (χ3n) is 6.07. The van der Waals surface area contributed by atoms with E-state index in [4.69, 9.17) is 9.47 Å². The van der Waals surface area contributed by atoms with Crippen LogP contribution in [0.3, 0.4) is 0 Å². The number of aromatic nitrogens is 2. The molecule has 4 aromatic rings. The number of benzene rings is 3. The van der Waals surface area contributed by atoms with Crippen molar-refractivity contribution in [2.75, 3.05) is 12.4 Å². The van der Waals surface area contributed by atoms with E-state index in [2.05, 4.69) is 15.1 Å². The van der Waals surface area contributed by atoms with Gasteiger partial charge in [-0.25, -0.2) is 17.8 Å². The normalized spacial score (nSPS) is 13.2. The van der Waals surface area contributed by atoms with Crippen molar-refractivity contribution in [3.8, 4) is 22.9 Å². The summed E-state index contributed by atoms with van der Waals surface area (Å²) in [6, 6.07) is 20.9. The van der Waals surface area contributed by atoms with Gasteiger partial charge >= 0.3 is 0 Å². The van der Waals surface area contributed by atoms with Crippen LogP contribution in [0, 0.1) is 6.92 Å².